The van der Waals surface area contributed by atoms with Crippen molar-refractivity contribution >= 4 is 5.97 Å². The minimum absolute atomic E-state index is 0.00190. The lowest BCUT2D eigenvalue weighted by Crippen LogP contribution is -2.64. The molecule has 0 unspecified atom stereocenters. The number of carbonyl (C=O) groups is 1. The number of ether oxygens (including phenoxy) is 1. The van der Waals surface area contributed by atoms with Gasteiger partial charge in [-0.15, -0.1) is 0 Å². The first-order valence-electron chi connectivity index (χ1n) is 14.7. The van der Waals surface area contributed by atoms with Gasteiger partial charge in [0.1, 0.15) is 6.10 Å². The Balaban J connectivity index is 1.63. The van der Waals surface area contributed by atoms with Crippen molar-refractivity contribution in [2.24, 2.45) is 45.3 Å². The molecule has 4 heteroatoms. The number of carbonyl (C=O) groups excluding carboxylic acids is 1. The number of hydrogen-bond acceptors (Lipinski definition) is 4. The molecule has 0 amide bonds. The average molecular weight is 503 g/mol. The molecule has 0 bridgehead atoms. The van der Waals surface area contributed by atoms with Crippen LogP contribution < -0.4 is 0 Å². The molecule has 0 aromatic carbocycles. The second-order valence-electron chi connectivity index (χ2n) is 15.1. The SMILES string of the molecule is CC(=O)O[C@H]1CC[C@]2(C)[C@H]3CC[C@@H]4[C@@H]([C@](C)(O)CCC=C(C)C)[C@@H](O)C[C@@]4(C)[C@]3(C)CC[C@H]2C1(C)C. The molecule has 206 valence electrons. The van der Waals surface area contributed by atoms with Crippen LogP contribution in [0.4, 0.5) is 0 Å². The molecule has 0 aromatic rings. The van der Waals surface area contributed by atoms with Crippen LogP contribution in [0.1, 0.15) is 120 Å². The average Bonchev–Trinajstić information content (AvgIpc) is 3.01. The Morgan fingerprint density at radius 1 is 0.972 bits per heavy atom. The van der Waals surface area contributed by atoms with Crippen LogP contribution in [0.5, 0.6) is 0 Å². The number of rotatable bonds is 5. The largest absolute Gasteiger partial charge is 0.462 e. The molecule has 4 saturated carbocycles. The minimum atomic E-state index is -0.859. The monoisotopic (exact) mass is 502 g/mol. The molecule has 0 radical (unpaired) electrons. The maximum Gasteiger partial charge on any atom is 0.302 e. The van der Waals surface area contributed by atoms with Gasteiger partial charge < -0.3 is 14.9 Å². The third-order valence-corrected chi connectivity index (χ3v) is 12.6. The lowest BCUT2D eigenvalue weighted by atomic mass is 9.35. The zero-order valence-corrected chi connectivity index (χ0v) is 24.6. The van der Waals surface area contributed by atoms with Gasteiger partial charge in [0.05, 0.1) is 11.7 Å². The molecule has 36 heavy (non-hydrogen) atoms. The third kappa shape index (κ3) is 4.12. The molecule has 0 saturated heterocycles. The Morgan fingerprint density at radius 2 is 1.64 bits per heavy atom. The van der Waals surface area contributed by atoms with Crippen LogP contribution in [0.3, 0.4) is 0 Å². The highest BCUT2D eigenvalue weighted by atomic mass is 16.5. The zero-order chi connectivity index (χ0) is 26.9. The van der Waals surface area contributed by atoms with Crippen LogP contribution in [-0.2, 0) is 9.53 Å². The Kier molecular flexibility index (Phi) is 7.12. The number of fused-ring (bicyclic) bond motifs is 5. The minimum Gasteiger partial charge on any atom is -0.462 e. The Bertz CT molecular complexity index is 885. The van der Waals surface area contributed by atoms with E-state index in [0.29, 0.717) is 24.2 Å². The van der Waals surface area contributed by atoms with Gasteiger partial charge in [-0.2, -0.15) is 0 Å². The first-order chi connectivity index (χ1) is 16.5. The highest BCUT2D eigenvalue weighted by Crippen LogP contribution is 2.75. The van der Waals surface area contributed by atoms with Gasteiger partial charge in [-0.1, -0.05) is 46.3 Å². The van der Waals surface area contributed by atoms with Crippen LogP contribution in [0.2, 0.25) is 0 Å². The number of aliphatic hydroxyl groups is 2. The van der Waals surface area contributed by atoms with Crippen molar-refractivity contribution in [1.82, 2.24) is 0 Å². The summed E-state index contributed by atoms with van der Waals surface area (Å²) in [7, 11) is 0. The van der Waals surface area contributed by atoms with E-state index in [-0.39, 0.29) is 39.7 Å². The molecule has 4 fully saturated rings. The molecule has 0 aliphatic heterocycles. The van der Waals surface area contributed by atoms with E-state index in [4.69, 9.17) is 4.74 Å². The standard InChI is InChI=1S/C32H54O4/c1-20(2)11-10-16-32(9,35)27-22-12-13-25-29(6)17-15-26(36-21(3)33)28(4,5)24(29)14-18-30(25,7)31(22,8)19-23(27)34/h11,22-27,34-35H,10,12-19H2,1-9H3/t22-,23+,24+,25-,26+,27-,29+,30-,31-,32-/m1/s1. The summed E-state index contributed by atoms with van der Waals surface area (Å²) in [5, 5.41) is 23.2. The number of esters is 1. The van der Waals surface area contributed by atoms with E-state index in [2.05, 4.69) is 54.5 Å². The van der Waals surface area contributed by atoms with E-state index >= 15 is 0 Å². The lowest BCUT2D eigenvalue weighted by molar-refractivity contribution is -0.229. The normalized spacial score (nSPS) is 47.1. The molecule has 4 nitrogen and oxygen atoms in total. The van der Waals surface area contributed by atoms with E-state index in [0.717, 1.165) is 44.9 Å². The van der Waals surface area contributed by atoms with Crippen molar-refractivity contribution < 1.29 is 19.7 Å². The predicted molar refractivity (Wildman–Crippen MR) is 145 cm³/mol. The highest BCUT2D eigenvalue weighted by molar-refractivity contribution is 5.66. The van der Waals surface area contributed by atoms with Gasteiger partial charge in [-0.3, -0.25) is 4.79 Å². The Morgan fingerprint density at radius 3 is 2.25 bits per heavy atom. The molecular weight excluding hydrogens is 448 g/mol. The fourth-order valence-electron chi connectivity index (χ4n) is 10.8. The molecule has 0 spiro atoms. The molecule has 4 aliphatic carbocycles. The molecule has 0 aromatic heterocycles. The van der Waals surface area contributed by atoms with Crippen molar-refractivity contribution in [2.45, 2.75) is 138 Å². The van der Waals surface area contributed by atoms with Gasteiger partial charge >= 0.3 is 5.97 Å². The first kappa shape index (κ1) is 28.1. The van der Waals surface area contributed by atoms with Gasteiger partial charge in [-0.05, 0) is 113 Å². The summed E-state index contributed by atoms with van der Waals surface area (Å²) < 4.78 is 5.86. The summed E-state index contributed by atoms with van der Waals surface area (Å²) in [6, 6.07) is 0. The predicted octanol–water partition coefficient (Wildman–Crippen LogP) is 7.07. The van der Waals surface area contributed by atoms with E-state index in [1.165, 1.54) is 12.0 Å². The van der Waals surface area contributed by atoms with E-state index in [1.54, 1.807) is 6.92 Å². The fraction of sp³-hybridized carbons (Fsp3) is 0.906. The van der Waals surface area contributed by atoms with Crippen LogP contribution in [-0.4, -0.2) is 34.0 Å². The zero-order valence-electron chi connectivity index (χ0n) is 24.6. The molecule has 4 rings (SSSR count). The van der Waals surface area contributed by atoms with E-state index in [1.807, 2.05) is 6.92 Å². The summed E-state index contributed by atoms with van der Waals surface area (Å²) in [6.07, 6.45) is 10.7. The van der Waals surface area contributed by atoms with Crippen molar-refractivity contribution in [3.8, 4) is 0 Å². The first-order valence-corrected chi connectivity index (χ1v) is 14.7. The maximum atomic E-state index is 11.9. The molecule has 10 atom stereocenters. The third-order valence-electron chi connectivity index (χ3n) is 12.6. The van der Waals surface area contributed by atoms with Crippen LogP contribution >= 0.6 is 0 Å². The summed E-state index contributed by atoms with van der Waals surface area (Å²) in [4.78, 5) is 11.9. The van der Waals surface area contributed by atoms with Gasteiger partial charge in [0.2, 0.25) is 0 Å². The van der Waals surface area contributed by atoms with E-state index < -0.39 is 11.7 Å². The molecule has 2 N–H and O–H groups in total. The van der Waals surface area contributed by atoms with Gasteiger partial charge in [0, 0.05) is 18.3 Å². The summed E-state index contributed by atoms with van der Waals surface area (Å²) in [5.74, 6) is 1.24. The number of hydrogen-bond donors (Lipinski definition) is 2. The number of allylic oxidation sites excluding steroid dienone is 2. The van der Waals surface area contributed by atoms with Crippen LogP contribution in [0, 0.1) is 45.3 Å². The molecule has 0 heterocycles. The Labute approximate surface area is 220 Å². The van der Waals surface area contributed by atoms with Crippen molar-refractivity contribution in [3.05, 3.63) is 11.6 Å². The van der Waals surface area contributed by atoms with Gasteiger partial charge in [0.25, 0.3) is 0 Å². The summed E-state index contributed by atoms with van der Waals surface area (Å²) in [5.41, 5.74) is 0.748. The van der Waals surface area contributed by atoms with Crippen LogP contribution in [0.25, 0.3) is 0 Å². The molecular formula is C32H54O4. The topological polar surface area (TPSA) is 66.8 Å². The second-order valence-corrected chi connectivity index (χ2v) is 15.1. The smallest absolute Gasteiger partial charge is 0.302 e. The fourth-order valence-corrected chi connectivity index (χ4v) is 10.8. The lowest BCUT2D eigenvalue weighted by Gasteiger charge is -2.70. The maximum absolute atomic E-state index is 11.9. The molecule has 4 aliphatic rings. The van der Waals surface area contributed by atoms with Crippen molar-refractivity contribution in [1.29, 1.82) is 0 Å². The van der Waals surface area contributed by atoms with Crippen molar-refractivity contribution in [3.63, 3.8) is 0 Å². The van der Waals surface area contributed by atoms with Crippen molar-refractivity contribution in [2.75, 3.05) is 0 Å². The van der Waals surface area contributed by atoms with Gasteiger partial charge in [-0.25, -0.2) is 0 Å². The Hall–Kier alpha value is -0.870. The van der Waals surface area contributed by atoms with E-state index in [9.17, 15) is 15.0 Å². The summed E-state index contributed by atoms with van der Waals surface area (Å²) in [6.45, 7) is 19.9. The second kappa shape index (κ2) is 9.11. The number of aliphatic hydroxyl groups excluding tert-OH is 1. The quantitative estimate of drug-likeness (QED) is 0.312. The van der Waals surface area contributed by atoms with Crippen LogP contribution in [0.15, 0.2) is 11.6 Å². The van der Waals surface area contributed by atoms with Gasteiger partial charge in [0.15, 0.2) is 0 Å². The summed E-state index contributed by atoms with van der Waals surface area (Å²) >= 11 is 0. The highest BCUT2D eigenvalue weighted by Gasteiger charge is 2.71.